The Hall–Kier alpha value is -1.81. The van der Waals surface area contributed by atoms with Gasteiger partial charge < -0.3 is 5.32 Å². The third-order valence-electron chi connectivity index (χ3n) is 2.78. The molecule has 0 saturated carbocycles. The van der Waals surface area contributed by atoms with Crippen molar-refractivity contribution < 1.29 is 4.39 Å². The van der Waals surface area contributed by atoms with Gasteiger partial charge in [0.25, 0.3) is 0 Å². The molecule has 1 unspecified atom stereocenters. The van der Waals surface area contributed by atoms with Gasteiger partial charge in [-0.25, -0.2) is 4.39 Å². The van der Waals surface area contributed by atoms with Crippen molar-refractivity contribution in [3.05, 3.63) is 59.4 Å². The predicted molar refractivity (Wildman–Crippen MR) is 73.3 cm³/mol. The van der Waals surface area contributed by atoms with Crippen LogP contribution in [0.3, 0.4) is 0 Å². The largest absolute Gasteiger partial charge is 0.303 e. The molecule has 1 N–H and O–H groups in total. The number of aryl methyl sites for hydroxylation is 1. The summed E-state index contributed by atoms with van der Waals surface area (Å²) in [5.41, 5.74) is 2.92. The van der Waals surface area contributed by atoms with E-state index in [0.717, 1.165) is 16.8 Å². The highest BCUT2D eigenvalue weighted by Gasteiger charge is 2.16. The van der Waals surface area contributed by atoms with Gasteiger partial charge >= 0.3 is 0 Å². The first-order chi connectivity index (χ1) is 9.06. The highest BCUT2D eigenvalue weighted by molar-refractivity contribution is 5.28. The fourth-order valence-corrected chi connectivity index (χ4v) is 1.98. The molecule has 0 aliphatic heterocycles. The molecule has 2 heterocycles. The zero-order valence-electron chi connectivity index (χ0n) is 11.4. The molecule has 1 atom stereocenters. The molecule has 0 aliphatic rings. The third kappa shape index (κ3) is 3.58. The molecular formula is C15H18FN3. The number of pyridine rings is 2. The lowest BCUT2D eigenvalue weighted by Crippen LogP contribution is -2.29. The normalized spacial score (nSPS) is 12.7. The van der Waals surface area contributed by atoms with E-state index in [0.29, 0.717) is 0 Å². The minimum atomic E-state index is -0.325. The fraction of sp³-hybridized carbons (Fsp3) is 0.333. The van der Waals surface area contributed by atoms with Crippen LogP contribution in [0.4, 0.5) is 4.39 Å². The minimum absolute atomic E-state index is 0.0759. The van der Waals surface area contributed by atoms with E-state index in [9.17, 15) is 4.39 Å². The molecule has 0 saturated heterocycles. The summed E-state index contributed by atoms with van der Waals surface area (Å²) in [5.74, 6) is -0.325. The molecule has 100 valence electrons. The van der Waals surface area contributed by atoms with Gasteiger partial charge in [0.15, 0.2) is 0 Å². The van der Waals surface area contributed by atoms with E-state index in [4.69, 9.17) is 0 Å². The molecule has 3 nitrogen and oxygen atoms in total. The van der Waals surface area contributed by atoms with E-state index >= 15 is 0 Å². The van der Waals surface area contributed by atoms with E-state index in [1.54, 1.807) is 6.07 Å². The second-order valence-corrected chi connectivity index (χ2v) is 4.95. The zero-order valence-corrected chi connectivity index (χ0v) is 11.4. The highest BCUT2D eigenvalue weighted by Crippen LogP contribution is 2.21. The average Bonchev–Trinajstić information content (AvgIpc) is 2.37. The molecule has 2 rings (SSSR count). The molecule has 0 fully saturated rings. The summed E-state index contributed by atoms with van der Waals surface area (Å²) in [6, 6.07) is 5.42. The van der Waals surface area contributed by atoms with E-state index in [1.807, 2.05) is 19.3 Å². The summed E-state index contributed by atoms with van der Waals surface area (Å²) in [6.45, 7) is 6.14. The van der Waals surface area contributed by atoms with Crippen LogP contribution in [0.2, 0.25) is 0 Å². The maximum absolute atomic E-state index is 13.0. The molecule has 2 aromatic rings. The van der Waals surface area contributed by atoms with Crippen LogP contribution in [0, 0.1) is 12.7 Å². The Labute approximate surface area is 112 Å². The Balaban J connectivity index is 2.38. The molecule has 0 amide bonds. The molecule has 4 heteroatoms. The van der Waals surface area contributed by atoms with E-state index in [2.05, 4.69) is 35.2 Å². The van der Waals surface area contributed by atoms with E-state index in [1.165, 1.54) is 12.3 Å². The van der Waals surface area contributed by atoms with Gasteiger partial charge in [-0.3, -0.25) is 9.97 Å². The first kappa shape index (κ1) is 13.6. The van der Waals surface area contributed by atoms with Crippen LogP contribution in [0.5, 0.6) is 0 Å². The number of hydrogen-bond donors (Lipinski definition) is 1. The molecule has 0 radical (unpaired) electrons. The lowest BCUT2D eigenvalue weighted by atomic mass is 10.0. The molecule has 0 aliphatic carbocycles. The SMILES string of the molecule is Cc1cncc(C(NC(C)C)c2ccc(F)cn2)c1. The Morgan fingerprint density at radius 2 is 1.95 bits per heavy atom. The number of halogens is 1. The summed E-state index contributed by atoms with van der Waals surface area (Å²) in [4.78, 5) is 8.39. The number of nitrogens with one attached hydrogen (secondary N) is 1. The first-order valence-electron chi connectivity index (χ1n) is 6.35. The van der Waals surface area contributed by atoms with Crippen molar-refractivity contribution in [2.45, 2.75) is 32.9 Å². The second-order valence-electron chi connectivity index (χ2n) is 4.95. The van der Waals surface area contributed by atoms with Crippen molar-refractivity contribution in [2.24, 2.45) is 0 Å². The topological polar surface area (TPSA) is 37.8 Å². The van der Waals surface area contributed by atoms with E-state index < -0.39 is 0 Å². The van der Waals surface area contributed by atoms with Gasteiger partial charge in [0.05, 0.1) is 17.9 Å². The monoisotopic (exact) mass is 259 g/mol. The van der Waals surface area contributed by atoms with Gasteiger partial charge in [0, 0.05) is 18.4 Å². The maximum atomic E-state index is 13.0. The molecule has 19 heavy (non-hydrogen) atoms. The van der Waals surface area contributed by atoms with E-state index in [-0.39, 0.29) is 17.9 Å². The number of rotatable bonds is 4. The average molecular weight is 259 g/mol. The minimum Gasteiger partial charge on any atom is -0.303 e. The van der Waals surface area contributed by atoms with Crippen LogP contribution < -0.4 is 5.32 Å². The Morgan fingerprint density at radius 3 is 2.53 bits per heavy atom. The van der Waals surface area contributed by atoms with Crippen molar-refractivity contribution in [3.63, 3.8) is 0 Å². The Morgan fingerprint density at radius 1 is 1.16 bits per heavy atom. The lowest BCUT2D eigenvalue weighted by molar-refractivity contribution is 0.516. The molecule has 2 aromatic heterocycles. The Kier molecular flexibility index (Phi) is 4.22. The molecule has 0 aromatic carbocycles. The standard InChI is InChI=1S/C15H18FN3/c1-10(2)19-15(12-6-11(3)7-17-8-12)14-5-4-13(16)9-18-14/h4-10,15,19H,1-3H3. The number of hydrogen-bond acceptors (Lipinski definition) is 3. The number of aromatic nitrogens is 2. The van der Waals surface area contributed by atoms with Crippen molar-refractivity contribution in [1.29, 1.82) is 0 Å². The summed E-state index contributed by atoms with van der Waals surface area (Å²) in [7, 11) is 0. The van der Waals surface area contributed by atoms with Crippen molar-refractivity contribution in [1.82, 2.24) is 15.3 Å². The lowest BCUT2D eigenvalue weighted by Gasteiger charge is -2.21. The summed E-state index contributed by atoms with van der Waals surface area (Å²) >= 11 is 0. The fourth-order valence-electron chi connectivity index (χ4n) is 1.98. The quantitative estimate of drug-likeness (QED) is 0.917. The van der Waals surface area contributed by atoms with Crippen LogP contribution in [-0.4, -0.2) is 16.0 Å². The van der Waals surface area contributed by atoms with Gasteiger partial charge in [-0.1, -0.05) is 6.07 Å². The van der Waals surface area contributed by atoms with Gasteiger partial charge in [0.1, 0.15) is 5.82 Å². The van der Waals surface area contributed by atoms with Gasteiger partial charge in [-0.15, -0.1) is 0 Å². The number of nitrogens with zero attached hydrogens (tertiary/aromatic N) is 2. The predicted octanol–water partition coefficient (Wildman–Crippen LogP) is 3.01. The summed E-state index contributed by atoms with van der Waals surface area (Å²) in [5, 5.41) is 3.43. The van der Waals surface area contributed by atoms with Crippen LogP contribution in [0.25, 0.3) is 0 Å². The first-order valence-corrected chi connectivity index (χ1v) is 6.35. The van der Waals surface area contributed by atoms with Crippen LogP contribution in [0.1, 0.15) is 36.7 Å². The van der Waals surface area contributed by atoms with Crippen LogP contribution in [-0.2, 0) is 0 Å². The summed E-state index contributed by atoms with van der Waals surface area (Å²) in [6.07, 6.45) is 4.87. The zero-order chi connectivity index (χ0) is 13.8. The second kappa shape index (κ2) is 5.89. The molecular weight excluding hydrogens is 241 g/mol. The highest BCUT2D eigenvalue weighted by atomic mass is 19.1. The van der Waals surface area contributed by atoms with Crippen molar-refractivity contribution in [2.75, 3.05) is 0 Å². The van der Waals surface area contributed by atoms with Crippen molar-refractivity contribution >= 4 is 0 Å². The van der Waals surface area contributed by atoms with Crippen LogP contribution >= 0.6 is 0 Å². The molecule has 0 bridgehead atoms. The van der Waals surface area contributed by atoms with Gasteiger partial charge in [0.2, 0.25) is 0 Å². The smallest absolute Gasteiger partial charge is 0.141 e. The third-order valence-corrected chi connectivity index (χ3v) is 2.78. The van der Waals surface area contributed by atoms with Gasteiger partial charge in [-0.05, 0) is 44.0 Å². The van der Waals surface area contributed by atoms with Crippen LogP contribution in [0.15, 0.2) is 36.8 Å². The summed E-state index contributed by atoms with van der Waals surface area (Å²) < 4.78 is 13.0. The maximum Gasteiger partial charge on any atom is 0.141 e. The van der Waals surface area contributed by atoms with Gasteiger partial charge in [-0.2, -0.15) is 0 Å². The Bertz CT molecular complexity index is 537. The molecule has 0 spiro atoms. The van der Waals surface area contributed by atoms with Crippen molar-refractivity contribution in [3.8, 4) is 0 Å².